The highest BCUT2D eigenvalue weighted by Gasteiger charge is 2.29. The van der Waals surface area contributed by atoms with Gasteiger partial charge in [-0.3, -0.25) is 19.3 Å². The zero-order valence-corrected chi connectivity index (χ0v) is 17.7. The van der Waals surface area contributed by atoms with E-state index in [0.717, 1.165) is 29.5 Å². The number of hydrogen-bond acceptors (Lipinski definition) is 4. The van der Waals surface area contributed by atoms with Crippen LogP contribution in [0.3, 0.4) is 0 Å². The number of nitrogens with zero attached hydrogens (tertiary/aromatic N) is 2. The standard InChI is InChI=1S/C22H23N5O2S/c1-13-3-6-15(7-4-13)20-25-26-22(30)27(20)12-19(28)24-18-11-17(10-5-14(18)2)23-21(29)16-8-9-16/h3-7,10-11,16H,8-9,12H2,1-2H3,(H,23,29)(H,24,28)(H,26,30). The third-order valence-corrected chi connectivity index (χ3v) is 5.41. The Kier molecular flexibility index (Phi) is 5.50. The monoisotopic (exact) mass is 421 g/mol. The van der Waals surface area contributed by atoms with E-state index in [-0.39, 0.29) is 24.3 Å². The number of amides is 2. The number of anilines is 2. The van der Waals surface area contributed by atoms with Crippen LogP contribution in [0.4, 0.5) is 11.4 Å². The summed E-state index contributed by atoms with van der Waals surface area (Å²) >= 11 is 5.32. The smallest absolute Gasteiger partial charge is 0.244 e. The zero-order valence-electron chi connectivity index (χ0n) is 16.9. The van der Waals surface area contributed by atoms with Gasteiger partial charge < -0.3 is 10.6 Å². The van der Waals surface area contributed by atoms with Crippen LogP contribution in [0.15, 0.2) is 42.5 Å². The van der Waals surface area contributed by atoms with E-state index in [4.69, 9.17) is 12.2 Å². The molecule has 0 saturated heterocycles. The molecule has 0 radical (unpaired) electrons. The highest BCUT2D eigenvalue weighted by Crippen LogP contribution is 2.31. The minimum Gasteiger partial charge on any atom is -0.326 e. The van der Waals surface area contributed by atoms with E-state index in [0.29, 0.717) is 22.0 Å². The number of aryl methyl sites for hydroxylation is 2. The van der Waals surface area contributed by atoms with Gasteiger partial charge in [-0.2, -0.15) is 5.10 Å². The Bertz CT molecular complexity index is 1160. The molecule has 2 amide bonds. The average Bonchev–Trinajstić information content (AvgIpc) is 3.51. The van der Waals surface area contributed by atoms with Crippen molar-refractivity contribution in [2.75, 3.05) is 10.6 Å². The maximum Gasteiger partial charge on any atom is 0.244 e. The van der Waals surface area contributed by atoms with Crippen molar-refractivity contribution in [1.29, 1.82) is 0 Å². The number of aromatic nitrogens is 3. The summed E-state index contributed by atoms with van der Waals surface area (Å²) in [5, 5.41) is 12.9. The molecule has 3 N–H and O–H groups in total. The van der Waals surface area contributed by atoms with Gasteiger partial charge in [0.25, 0.3) is 0 Å². The van der Waals surface area contributed by atoms with Gasteiger partial charge in [0.05, 0.1) is 0 Å². The first-order valence-corrected chi connectivity index (χ1v) is 10.2. The predicted molar refractivity (Wildman–Crippen MR) is 119 cm³/mol. The van der Waals surface area contributed by atoms with E-state index in [1.165, 1.54) is 0 Å². The summed E-state index contributed by atoms with van der Waals surface area (Å²) in [6, 6.07) is 13.4. The van der Waals surface area contributed by atoms with Crippen LogP contribution in [0.1, 0.15) is 24.0 Å². The highest BCUT2D eigenvalue weighted by atomic mass is 32.1. The molecule has 1 saturated carbocycles. The maximum atomic E-state index is 12.8. The Morgan fingerprint density at radius 3 is 2.57 bits per heavy atom. The van der Waals surface area contributed by atoms with Crippen LogP contribution in [0.25, 0.3) is 11.4 Å². The molecule has 1 fully saturated rings. The van der Waals surface area contributed by atoms with Gasteiger partial charge in [-0.1, -0.05) is 35.9 Å². The molecule has 3 aromatic rings. The number of H-pyrrole nitrogens is 1. The van der Waals surface area contributed by atoms with E-state index < -0.39 is 0 Å². The van der Waals surface area contributed by atoms with Crippen molar-refractivity contribution >= 4 is 35.4 Å². The van der Waals surface area contributed by atoms with Crippen LogP contribution in [0.2, 0.25) is 0 Å². The first-order valence-electron chi connectivity index (χ1n) is 9.84. The quantitative estimate of drug-likeness (QED) is 0.520. The number of carbonyl (C=O) groups is 2. The fourth-order valence-corrected chi connectivity index (χ4v) is 3.34. The van der Waals surface area contributed by atoms with Gasteiger partial charge in [0.15, 0.2) is 10.6 Å². The topological polar surface area (TPSA) is 91.8 Å². The molecule has 1 aliphatic rings. The van der Waals surface area contributed by atoms with Crippen molar-refractivity contribution < 1.29 is 9.59 Å². The van der Waals surface area contributed by atoms with Gasteiger partial charge in [0.1, 0.15) is 6.54 Å². The van der Waals surface area contributed by atoms with Crippen molar-refractivity contribution in [1.82, 2.24) is 14.8 Å². The van der Waals surface area contributed by atoms with Crippen LogP contribution in [-0.4, -0.2) is 26.6 Å². The molecule has 0 bridgehead atoms. The average molecular weight is 422 g/mol. The van der Waals surface area contributed by atoms with Gasteiger partial charge in [0.2, 0.25) is 11.8 Å². The van der Waals surface area contributed by atoms with Crippen LogP contribution in [0.5, 0.6) is 0 Å². The minimum absolute atomic E-state index is 0.0244. The van der Waals surface area contributed by atoms with Crippen molar-refractivity contribution in [3.63, 3.8) is 0 Å². The first-order chi connectivity index (χ1) is 14.4. The minimum atomic E-state index is -0.227. The molecule has 1 aliphatic carbocycles. The Hall–Kier alpha value is -3.26. The lowest BCUT2D eigenvalue weighted by Crippen LogP contribution is -2.20. The summed E-state index contributed by atoms with van der Waals surface area (Å²) in [4.78, 5) is 24.8. The van der Waals surface area contributed by atoms with E-state index >= 15 is 0 Å². The number of aromatic amines is 1. The lowest BCUT2D eigenvalue weighted by atomic mass is 10.1. The van der Waals surface area contributed by atoms with Gasteiger partial charge in [-0.15, -0.1) is 0 Å². The van der Waals surface area contributed by atoms with Crippen molar-refractivity contribution in [2.45, 2.75) is 33.2 Å². The molecule has 8 heteroatoms. The summed E-state index contributed by atoms with van der Waals surface area (Å²) in [6.07, 6.45) is 1.88. The molecular formula is C22H23N5O2S. The second-order valence-corrected chi connectivity index (χ2v) is 8.03. The van der Waals surface area contributed by atoms with Crippen molar-refractivity contribution in [2.24, 2.45) is 5.92 Å². The van der Waals surface area contributed by atoms with E-state index in [9.17, 15) is 9.59 Å². The molecule has 2 aromatic carbocycles. The van der Waals surface area contributed by atoms with Crippen molar-refractivity contribution in [3.05, 3.63) is 58.4 Å². The maximum absolute atomic E-state index is 12.8. The van der Waals surface area contributed by atoms with E-state index in [1.54, 1.807) is 10.6 Å². The summed E-state index contributed by atoms with van der Waals surface area (Å²) < 4.78 is 2.05. The molecular weight excluding hydrogens is 398 g/mol. The van der Waals surface area contributed by atoms with Crippen LogP contribution in [-0.2, 0) is 16.1 Å². The molecule has 1 aromatic heterocycles. The summed E-state index contributed by atoms with van der Waals surface area (Å²) in [7, 11) is 0. The number of benzene rings is 2. The van der Waals surface area contributed by atoms with Gasteiger partial charge >= 0.3 is 0 Å². The Morgan fingerprint density at radius 1 is 1.13 bits per heavy atom. The number of hydrogen-bond donors (Lipinski definition) is 3. The van der Waals surface area contributed by atoms with Crippen molar-refractivity contribution in [3.8, 4) is 11.4 Å². The molecule has 154 valence electrons. The Morgan fingerprint density at radius 2 is 1.87 bits per heavy atom. The normalized spacial score (nSPS) is 13.1. The fraction of sp³-hybridized carbons (Fsp3) is 0.273. The Balaban J connectivity index is 1.50. The predicted octanol–water partition coefficient (Wildman–Crippen LogP) is 4.21. The number of carbonyl (C=O) groups excluding carboxylic acids is 2. The molecule has 7 nitrogen and oxygen atoms in total. The second kappa shape index (κ2) is 8.23. The van der Waals surface area contributed by atoms with Gasteiger partial charge in [0, 0.05) is 22.9 Å². The molecule has 0 aliphatic heterocycles. The molecule has 0 atom stereocenters. The Labute approximate surface area is 179 Å². The van der Waals surface area contributed by atoms with Crippen LogP contribution >= 0.6 is 12.2 Å². The zero-order chi connectivity index (χ0) is 21.3. The van der Waals surface area contributed by atoms with E-state index in [1.807, 2.05) is 50.2 Å². The highest BCUT2D eigenvalue weighted by molar-refractivity contribution is 7.71. The largest absolute Gasteiger partial charge is 0.326 e. The SMILES string of the molecule is Cc1ccc(-c2n[nH]c(=S)n2CC(=O)Nc2cc(NC(=O)C3CC3)ccc2C)cc1. The number of nitrogens with one attached hydrogen (secondary N) is 3. The van der Waals surface area contributed by atoms with E-state index in [2.05, 4.69) is 20.8 Å². The number of rotatable bonds is 6. The fourth-order valence-electron chi connectivity index (χ4n) is 3.14. The molecule has 0 spiro atoms. The summed E-state index contributed by atoms with van der Waals surface area (Å²) in [5.41, 5.74) is 4.25. The third-order valence-electron chi connectivity index (χ3n) is 5.10. The molecule has 0 unspecified atom stereocenters. The summed E-state index contributed by atoms with van der Waals surface area (Å²) in [5.74, 6) is 0.531. The molecule has 4 rings (SSSR count). The van der Waals surface area contributed by atoms with Crippen LogP contribution in [0, 0.1) is 24.5 Å². The second-order valence-electron chi connectivity index (χ2n) is 7.65. The van der Waals surface area contributed by atoms with Gasteiger partial charge in [-0.25, -0.2) is 0 Å². The lowest BCUT2D eigenvalue weighted by Gasteiger charge is -2.12. The lowest BCUT2D eigenvalue weighted by molar-refractivity contribution is -0.117. The van der Waals surface area contributed by atoms with Gasteiger partial charge in [-0.05, 0) is 56.6 Å². The first kappa shape index (κ1) is 20.0. The van der Waals surface area contributed by atoms with Crippen LogP contribution < -0.4 is 10.6 Å². The third kappa shape index (κ3) is 4.49. The summed E-state index contributed by atoms with van der Waals surface area (Å²) in [6.45, 7) is 3.94. The molecule has 1 heterocycles. The molecule has 30 heavy (non-hydrogen) atoms.